The maximum absolute atomic E-state index is 13.2. The van der Waals surface area contributed by atoms with Crippen LogP contribution in [0.5, 0.6) is 0 Å². The fraction of sp³-hybridized carbons (Fsp3) is 0.435. The number of aryl methyl sites for hydroxylation is 1. The average Bonchev–Trinajstić information content (AvgIpc) is 2.71. The van der Waals surface area contributed by atoms with Crippen LogP contribution in [0.15, 0.2) is 48.5 Å². The Labute approximate surface area is 170 Å². The summed E-state index contributed by atoms with van der Waals surface area (Å²) in [5.74, 6) is -0.0833. The Kier molecular flexibility index (Phi) is 6.96. The minimum Gasteiger partial charge on any atom is -0.333 e. The van der Waals surface area contributed by atoms with E-state index in [0.717, 1.165) is 37.3 Å². The van der Waals surface area contributed by atoms with Gasteiger partial charge in [-0.1, -0.05) is 36.8 Å². The number of nitrogens with zero attached hydrogens (tertiary/aromatic N) is 2. The molecule has 2 aromatic rings. The van der Waals surface area contributed by atoms with Crippen LogP contribution in [0.4, 0.5) is 13.2 Å². The first kappa shape index (κ1) is 21.4. The maximum Gasteiger partial charge on any atom is 0.416 e. The lowest BCUT2D eigenvalue weighted by Gasteiger charge is -2.30. The van der Waals surface area contributed by atoms with E-state index in [-0.39, 0.29) is 5.91 Å². The Morgan fingerprint density at radius 1 is 1.00 bits per heavy atom. The predicted octanol–water partition coefficient (Wildman–Crippen LogP) is 5.14. The normalized spacial score (nSPS) is 15.3. The second-order valence-electron chi connectivity index (χ2n) is 7.64. The number of hydrogen-bond acceptors (Lipinski definition) is 2. The highest BCUT2D eigenvalue weighted by Crippen LogP contribution is 2.29. The topological polar surface area (TPSA) is 23.6 Å². The molecule has 29 heavy (non-hydrogen) atoms. The molecule has 0 radical (unpaired) electrons. The van der Waals surface area contributed by atoms with Gasteiger partial charge in [-0.15, -0.1) is 0 Å². The summed E-state index contributed by atoms with van der Waals surface area (Å²) in [6.45, 7) is 5.58. The van der Waals surface area contributed by atoms with Gasteiger partial charge in [-0.25, -0.2) is 0 Å². The van der Waals surface area contributed by atoms with E-state index in [4.69, 9.17) is 0 Å². The molecular formula is C23H27F3N2O. The second kappa shape index (κ2) is 9.44. The third kappa shape index (κ3) is 5.82. The van der Waals surface area contributed by atoms with Crippen molar-refractivity contribution in [2.45, 2.75) is 38.9 Å². The zero-order valence-electron chi connectivity index (χ0n) is 16.7. The van der Waals surface area contributed by atoms with E-state index in [0.29, 0.717) is 24.2 Å². The van der Waals surface area contributed by atoms with Gasteiger partial charge in [-0.3, -0.25) is 4.79 Å². The number of benzene rings is 2. The number of hydrogen-bond donors (Lipinski definition) is 0. The molecule has 0 atom stereocenters. The van der Waals surface area contributed by atoms with Crippen LogP contribution in [0.3, 0.4) is 0 Å². The van der Waals surface area contributed by atoms with Crippen LogP contribution in [0.1, 0.15) is 46.3 Å². The molecule has 0 aliphatic carbocycles. The van der Waals surface area contributed by atoms with E-state index in [1.165, 1.54) is 31.4 Å². The van der Waals surface area contributed by atoms with Gasteiger partial charge < -0.3 is 9.80 Å². The van der Waals surface area contributed by atoms with Crippen LogP contribution in [0.2, 0.25) is 0 Å². The number of amides is 1. The van der Waals surface area contributed by atoms with Crippen molar-refractivity contribution in [1.82, 2.24) is 9.80 Å². The molecular weight excluding hydrogens is 377 g/mol. The smallest absolute Gasteiger partial charge is 0.333 e. The zero-order chi connectivity index (χ0) is 20.9. The maximum atomic E-state index is 13.2. The van der Waals surface area contributed by atoms with E-state index in [1.54, 1.807) is 11.0 Å². The van der Waals surface area contributed by atoms with Crippen molar-refractivity contribution in [3.05, 3.63) is 70.8 Å². The Morgan fingerprint density at radius 3 is 2.28 bits per heavy atom. The van der Waals surface area contributed by atoms with Gasteiger partial charge in [-0.05, 0) is 62.2 Å². The summed E-state index contributed by atoms with van der Waals surface area (Å²) < 4.78 is 38.5. The molecule has 0 aromatic heterocycles. The predicted molar refractivity (Wildman–Crippen MR) is 108 cm³/mol. The Morgan fingerprint density at radius 2 is 1.66 bits per heavy atom. The van der Waals surface area contributed by atoms with E-state index in [9.17, 15) is 18.0 Å². The summed E-state index contributed by atoms with van der Waals surface area (Å²) in [7, 11) is 0. The van der Waals surface area contributed by atoms with E-state index >= 15 is 0 Å². The molecule has 3 rings (SSSR count). The lowest BCUT2D eigenvalue weighted by Crippen LogP contribution is -2.40. The summed E-state index contributed by atoms with van der Waals surface area (Å²) in [6, 6.07) is 12.5. The fourth-order valence-corrected chi connectivity index (χ4v) is 3.70. The van der Waals surface area contributed by atoms with Gasteiger partial charge in [0.15, 0.2) is 0 Å². The van der Waals surface area contributed by atoms with E-state index < -0.39 is 11.7 Å². The molecule has 1 aliphatic heterocycles. The van der Waals surface area contributed by atoms with Crippen LogP contribution < -0.4 is 0 Å². The molecule has 1 amide bonds. The van der Waals surface area contributed by atoms with E-state index in [2.05, 4.69) is 4.90 Å². The van der Waals surface area contributed by atoms with Gasteiger partial charge in [0.05, 0.1) is 5.56 Å². The third-order valence-corrected chi connectivity index (χ3v) is 5.45. The highest BCUT2D eigenvalue weighted by molar-refractivity contribution is 5.95. The second-order valence-corrected chi connectivity index (χ2v) is 7.64. The first-order chi connectivity index (χ1) is 13.8. The van der Waals surface area contributed by atoms with Gasteiger partial charge in [0, 0.05) is 25.2 Å². The number of halogens is 3. The number of alkyl halides is 3. The Balaban J connectivity index is 1.76. The number of likely N-dealkylation sites (tertiary alicyclic amines) is 1. The van der Waals surface area contributed by atoms with Gasteiger partial charge in [0.2, 0.25) is 0 Å². The monoisotopic (exact) mass is 404 g/mol. The summed E-state index contributed by atoms with van der Waals surface area (Å²) in [6.07, 6.45) is -0.771. The molecule has 156 valence electrons. The largest absolute Gasteiger partial charge is 0.416 e. The van der Waals surface area contributed by atoms with Crippen molar-refractivity contribution in [3.63, 3.8) is 0 Å². The highest BCUT2D eigenvalue weighted by Gasteiger charge is 2.30. The van der Waals surface area contributed by atoms with Gasteiger partial charge in [0.25, 0.3) is 5.91 Å². The van der Waals surface area contributed by atoms with Crippen molar-refractivity contribution >= 4 is 5.91 Å². The fourth-order valence-electron chi connectivity index (χ4n) is 3.70. The van der Waals surface area contributed by atoms with Crippen LogP contribution in [-0.4, -0.2) is 41.9 Å². The minimum atomic E-state index is -4.36. The molecule has 6 heteroatoms. The van der Waals surface area contributed by atoms with Crippen molar-refractivity contribution in [2.24, 2.45) is 0 Å². The first-order valence-electron chi connectivity index (χ1n) is 10.1. The van der Waals surface area contributed by atoms with Crippen LogP contribution in [0.25, 0.3) is 0 Å². The van der Waals surface area contributed by atoms with Crippen LogP contribution >= 0.6 is 0 Å². The standard InChI is InChI=1S/C23H27F3N2O/c1-18-7-3-4-8-21(18)22(29)28(16-15-27-13-5-2-6-14-27)17-19-9-11-20(12-10-19)23(24,25)26/h3-4,7-12H,2,5-6,13-17H2,1H3. The average molecular weight is 404 g/mol. The summed E-state index contributed by atoms with van der Waals surface area (Å²) in [5.41, 5.74) is 1.55. The molecule has 0 N–H and O–H groups in total. The number of piperidine rings is 1. The summed E-state index contributed by atoms with van der Waals surface area (Å²) >= 11 is 0. The lowest BCUT2D eigenvalue weighted by atomic mass is 10.1. The molecule has 0 saturated carbocycles. The molecule has 1 fully saturated rings. The van der Waals surface area contributed by atoms with Gasteiger partial charge >= 0.3 is 6.18 Å². The van der Waals surface area contributed by atoms with Crippen molar-refractivity contribution < 1.29 is 18.0 Å². The SMILES string of the molecule is Cc1ccccc1C(=O)N(CCN1CCCCC1)Cc1ccc(C(F)(F)F)cc1. The zero-order valence-corrected chi connectivity index (χ0v) is 16.7. The first-order valence-corrected chi connectivity index (χ1v) is 10.1. The van der Waals surface area contributed by atoms with Crippen molar-refractivity contribution in [3.8, 4) is 0 Å². The molecule has 1 heterocycles. The minimum absolute atomic E-state index is 0.0833. The quantitative estimate of drug-likeness (QED) is 0.665. The molecule has 3 nitrogen and oxygen atoms in total. The third-order valence-electron chi connectivity index (χ3n) is 5.45. The number of carbonyl (C=O) groups is 1. The number of carbonyl (C=O) groups excluding carboxylic acids is 1. The molecule has 0 unspecified atom stereocenters. The molecule has 2 aromatic carbocycles. The van der Waals surface area contributed by atoms with Crippen molar-refractivity contribution in [2.75, 3.05) is 26.2 Å². The highest BCUT2D eigenvalue weighted by atomic mass is 19.4. The molecule has 1 aliphatic rings. The molecule has 0 bridgehead atoms. The lowest BCUT2D eigenvalue weighted by molar-refractivity contribution is -0.137. The van der Waals surface area contributed by atoms with Crippen molar-refractivity contribution in [1.29, 1.82) is 0 Å². The summed E-state index contributed by atoms with van der Waals surface area (Å²) in [5, 5.41) is 0. The van der Waals surface area contributed by atoms with Gasteiger partial charge in [-0.2, -0.15) is 13.2 Å². The molecule has 1 saturated heterocycles. The Bertz CT molecular complexity index is 812. The van der Waals surface area contributed by atoms with Crippen LogP contribution in [0, 0.1) is 6.92 Å². The summed E-state index contributed by atoms with van der Waals surface area (Å²) in [4.78, 5) is 17.3. The van der Waals surface area contributed by atoms with Crippen LogP contribution in [-0.2, 0) is 12.7 Å². The number of rotatable bonds is 6. The van der Waals surface area contributed by atoms with Gasteiger partial charge in [0.1, 0.15) is 0 Å². The van der Waals surface area contributed by atoms with E-state index in [1.807, 2.05) is 25.1 Å². The Hall–Kier alpha value is -2.34. The molecule has 0 spiro atoms.